The third-order valence-electron chi connectivity index (χ3n) is 5.27. The van der Waals surface area contributed by atoms with Crippen LogP contribution < -0.4 is 19.7 Å². The van der Waals surface area contributed by atoms with Crippen LogP contribution in [-0.4, -0.2) is 33.4 Å². The fourth-order valence-corrected chi connectivity index (χ4v) is 4.09. The van der Waals surface area contributed by atoms with Crippen LogP contribution in [0.1, 0.15) is 11.1 Å². The highest BCUT2D eigenvalue weighted by atomic mass is 79.9. The molecule has 0 amide bonds. The summed E-state index contributed by atoms with van der Waals surface area (Å²) >= 11 is 3.58. The quantitative estimate of drug-likeness (QED) is 0.460. The minimum absolute atomic E-state index is 0.486. The molecule has 0 aliphatic carbocycles. The molecule has 0 radical (unpaired) electrons. The summed E-state index contributed by atoms with van der Waals surface area (Å²) in [5.74, 6) is 1.47. The van der Waals surface area contributed by atoms with Crippen LogP contribution in [0.5, 0.6) is 11.5 Å². The summed E-state index contributed by atoms with van der Waals surface area (Å²) < 4.78 is 18.2. The fourth-order valence-electron chi connectivity index (χ4n) is 3.61. The van der Waals surface area contributed by atoms with E-state index in [0.717, 1.165) is 53.3 Å². The van der Waals surface area contributed by atoms with Crippen molar-refractivity contribution in [3.8, 4) is 11.5 Å². The Morgan fingerprint density at radius 2 is 1.74 bits per heavy atom. The van der Waals surface area contributed by atoms with Crippen LogP contribution >= 0.6 is 15.9 Å². The Balaban J connectivity index is 1.46. The van der Waals surface area contributed by atoms with Gasteiger partial charge in [0, 0.05) is 41.0 Å². The molecule has 0 unspecified atom stereocenters. The number of anilines is 2. The molecule has 162 valence electrons. The Morgan fingerprint density at radius 3 is 2.45 bits per heavy atom. The van der Waals surface area contributed by atoms with Crippen molar-refractivity contribution < 1.29 is 14.2 Å². The summed E-state index contributed by atoms with van der Waals surface area (Å²) in [6.45, 7) is 4.56. The van der Waals surface area contributed by atoms with Crippen molar-refractivity contribution in [1.82, 2.24) is 0 Å². The van der Waals surface area contributed by atoms with E-state index >= 15 is 0 Å². The molecule has 3 aromatic carbocycles. The molecule has 5 nitrogen and oxygen atoms in total. The highest BCUT2D eigenvalue weighted by molar-refractivity contribution is 9.10. The van der Waals surface area contributed by atoms with Crippen molar-refractivity contribution in [2.24, 2.45) is 0 Å². The second kappa shape index (κ2) is 10.6. The van der Waals surface area contributed by atoms with Crippen LogP contribution in [0.3, 0.4) is 0 Å². The molecule has 31 heavy (non-hydrogen) atoms. The van der Waals surface area contributed by atoms with Gasteiger partial charge in [-0.05, 0) is 42.0 Å². The van der Waals surface area contributed by atoms with Gasteiger partial charge in [0.15, 0.2) is 11.5 Å². The van der Waals surface area contributed by atoms with E-state index in [2.05, 4.69) is 68.6 Å². The van der Waals surface area contributed by atoms with Crippen LogP contribution in [0.15, 0.2) is 71.2 Å². The first kappa shape index (κ1) is 21.5. The zero-order chi connectivity index (χ0) is 21.5. The zero-order valence-electron chi connectivity index (χ0n) is 17.6. The van der Waals surface area contributed by atoms with Gasteiger partial charge in [0.2, 0.25) is 0 Å². The van der Waals surface area contributed by atoms with E-state index in [4.69, 9.17) is 14.2 Å². The fraction of sp³-hybridized carbons (Fsp3) is 0.280. The van der Waals surface area contributed by atoms with Crippen LogP contribution in [0.4, 0.5) is 11.4 Å². The molecule has 1 heterocycles. The summed E-state index contributed by atoms with van der Waals surface area (Å²) in [5.41, 5.74) is 4.43. The second-order valence-corrected chi connectivity index (χ2v) is 8.29. The summed E-state index contributed by atoms with van der Waals surface area (Å²) in [5, 5.41) is 3.51. The molecular formula is C25H27BrN2O3. The topological polar surface area (TPSA) is 43.0 Å². The van der Waals surface area contributed by atoms with Crippen LogP contribution in [-0.2, 0) is 17.9 Å². The molecule has 1 saturated heterocycles. The van der Waals surface area contributed by atoms with Gasteiger partial charge in [-0.1, -0.05) is 46.3 Å². The van der Waals surface area contributed by atoms with Crippen molar-refractivity contribution in [1.29, 1.82) is 0 Å². The van der Waals surface area contributed by atoms with Gasteiger partial charge < -0.3 is 24.4 Å². The lowest BCUT2D eigenvalue weighted by Crippen LogP contribution is -2.36. The van der Waals surface area contributed by atoms with E-state index < -0.39 is 0 Å². The van der Waals surface area contributed by atoms with E-state index in [9.17, 15) is 0 Å². The first-order valence-electron chi connectivity index (χ1n) is 10.4. The van der Waals surface area contributed by atoms with Gasteiger partial charge in [0.25, 0.3) is 0 Å². The maximum Gasteiger partial charge on any atom is 0.166 e. The Bertz CT molecular complexity index is 974. The van der Waals surface area contributed by atoms with Crippen molar-refractivity contribution in [3.05, 3.63) is 82.3 Å². The number of hydrogen-bond acceptors (Lipinski definition) is 5. The number of rotatable bonds is 8. The van der Waals surface area contributed by atoms with Crippen molar-refractivity contribution in [2.45, 2.75) is 13.2 Å². The maximum atomic E-state index is 6.18. The standard InChI is InChI=1S/C25H27BrN2O3/c1-29-24-16-21(26)15-20(25(24)31-18-19-5-3-2-4-6-19)17-27-22-7-9-23(10-8-22)28-11-13-30-14-12-28/h2-10,15-16,27H,11-14,17-18H2,1H3. The van der Waals surface area contributed by atoms with Gasteiger partial charge in [-0.3, -0.25) is 0 Å². The highest BCUT2D eigenvalue weighted by Gasteiger charge is 2.14. The lowest BCUT2D eigenvalue weighted by molar-refractivity contribution is 0.122. The predicted molar refractivity (Wildman–Crippen MR) is 128 cm³/mol. The van der Waals surface area contributed by atoms with Crippen molar-refractivity contribution in [3.63, 3.8) is 0 Å². The molecule has 0 atom stereocenters. The molecule has 0 saturated carbocycles. The monoisotopic (exact) mass is 482 g/mol. The molecule has 1 aliphatic rings. The first-order valence-corrected chi connectivity index (χ1v) is 11.2. The lowest BCUT2D eigenvalue weighted by Gasteiger charge is -2.29. The Kier molecular flexibility index (Phi) is 7.33. The Labute approximate surface area is 192 Å². The first-order chi connectivity index (χ1) is 15.2. The van der Waals surface area contributed by atoms with Gasteiger partial charge in [0.05, 0.1) is 20.3 Å². The highest BCUT2D eigenvalue weighted by Crippen LogP contribution is 2.36. The number of nitrogens with one attached hydrogen (secondary N) is 1. The molecule has 3 aromatic rings. The molecule has 0 spiro atoms. The number of ether oxygens (including phenoxy) is 3. The number of morpholine rings is 1. The molecular weight excluding hydrogens is 456 g/mol. The van der Waals surface area contributed by atoms with E-state index in [1.807, 2.05) is 24.3 Å². The second-order valence-electron chi connectivity index (χ2n) is 7.37. The molecule has 0 bridgehead atoms. The van der Waals surface area contributed by atoms with Crippen molar-refractivity contribution >= 4 is 27.3 Å². The largest absolute Gasteiger partial charge is 0.493 e. The molecule has 1 N–H and O–H groups in total. The van der Waals surface area contributed by atoms with Gasteiger partial charge in [0.1, 0.15) is 6.61 Å². The van der Waals surface area contributed by atoms with Gasteiger partial charge in [-0.2, -0.15) is 0 Å². The summed E-state index contributed by atoms with van der Waals surface area (Å²) in [6.07, 6.45) is 0. The number of methoxy groups -OCH3 is 1. The number of halogens is 1. The minimum atomic E-state index is 0.486. The lowest BCUT2D eigenvalue weighted by atomic mass is 10.1. The normalized spacial score (nSPS) is 13.7. The molecule has 4 rings (SSSR count). The SMILES string of the molecule is COc1cc(Br)cc(CNc2ccc(N3CCOCC3)cc2)c1OCc1ccccc1. The van der Waals surface area contributed by atoms with Crippen molar-refractivity contribution in [2.75, 3.05) is 43.6 Å². The summed E-state index contributed by atoms with van der Waals surface area (Å²) in [7, 11) is 1.67. The van der Waals surface area contributed by atoms with E-state index in [0.29, 0.717) is 18.9 Å². The average molecular weight is 483 g/mol. The van der Waals surface area contributed by atoms with E-state index in [1.54, 1.807) is 7.11 Å². The Hall–Kier alpha value is -2.70. The Morgan fingerprint density at radius 1 is 1.00 bits per heavy atom. The molecule has 1 aliphatic heterocycles. The molecule has 0 aromatic heterocycles. The van der Waals surface area contributed by atoms with Gasteiger partial charge in [-0.15, -0.1) is 0 Å². The smallest absolute Gasteiger partial charge is 0.166 e. The van der Waals surface area contributed by atoms with Crippen LogP contribution in [0, 0.1) is 0 Å². The summed E-state index contributed by atoms with van der Waals surface area (Å²) in [6, 6.07) is 22.7. The average Bonchev–Trinajstić information content (AvgIpc) is 2.83. The zero-order valence-corrected chi connectivity index (χ0v) is 19.2. The van der Waals surface area contributed by atoms with E-state index in [-0.39, 0.29) is 0 Å². The summed E-state index contributed by atoms with van der Waals surface area (Å²) in [4.78, 5) is 2.35. The third-order valence-corrected chi connectivity index (χ3v) is 5.73. The number of benzene rings is 3. The third kappa shape index (κ3) is 5.71. The minimum Gasteiger partial charge on any atom is -0.493 e. The predicted octanol–water partition coefficient (Wildman–Crippen LogP) is 5.49. The molecule has 1 fully saturated rings. The van der Waals surface area contributed by atoms with E-state index in [1.165, 1.54) is 5.69 Å². The van der Waals surface area contributed by atoms with Crippen LogP contribution in [0.25, 0.3) is 0 Å². The van der Waals surface area contributed by atoms with Crippen LogP contribution in [0.2, 0.25) is 0 Å². The van der Waals surface area contributed by atoms with Gasteiger partial charge in [-0.25, -0.2) is 0 Å². The maximum absolute atomic E-state index is 6.18. The number of hydrogen-bond donors (Lipinski definition) is 1. The number of nitrogens with zero attached hydrogens (tertiary/aromatic N) is 1. The van der Waals surface area contributed by atoms with Gasteiger partial charge >= 0.3 is 0 Å². The molecule has 6 heteroatoms.